The standard InChI is InChI=1S/C6H5ClN4/c1-4-2-5-8-3-9-11(5)10-6(4)7/h2-3H,1H3. The van der Waals surface area contributed by atoms with Gasteiger partial charge >= 0.3 is 0 Å². The van der Waals surface area contributed by atoms with Gasteiger partial charge in [-0.25, -0.2) is 4.98 Å². The SMILES string of the molecule is Cc1cc2ncnn2nc1Cl. The second-order valence-corrected chi connectivity index (χ2v) is 2.58. The van der Waals surface area contributed by atoms with Gasteiger partial charge in [-0.1, -0.05) is 11.6 Å². The van der Waals surface area contributed by atoms with E-state index in [1.54, 1.807) is 0 Å². The molecule has 2 heterocycles. The van der Waals surface area contributed by atoms with Crippen molar-refractivity contribution >= 4 is 17.2 Å². The number of halogens is 1. The summed E-state index contributed by atoms with van der Waals surface area (Å²) in [6.45, 7) is 1.88. The first kappa shape index (κ1) is 6.54. The van der Waals surface area contributed by atoms with Crippen LogP contribution in [0.5, 0.6) is 0 Å². The van der Waals surface area contributed by atoms with Crippen LogP contribution in [0.4, 0.5) is 0 Å². The van der Waals surface area contributed by atoms with Crippen LogP contribution < -0.4 is 0 Å². The maximum absolute atomic E-state index is 5.74. The van der Waals surface area contributed by atoms with E-state index < -0.39 is 0 Å². The molecule has 0 bridgehead atoms. The van der Waals surface area contributed by atoms with Crippen LogP contribution in [0.3, 0.4) is 0 Å². The third kappa shape index (κ3) is 0.952. The lowest BCUT2D eigenvalue weighted by atomic mass is 10.3. The molecule has 0 unspecified atom stereocenters. The van der Waals surface area contributed by atoms with E-state index in [1.165, 1.54) is 11.0 Å². The third-order valence-electron chi connectivity index (χ3n) is 1.41. The van der Waals surface area contributed by atoms with E-state index in [9.17, 15) is 0 Å². The van der Waals surface area contributed by atoms with Gasteiger partial charge in [0.25, 0.3) is 0 Å². The van der Waals surface area contributed by atoms with E-state index in [0.717, 1.165) is 5.56 Å². The van der Waals surface area contributed by atoms with Gasteiger partial charge in [0.15, 0.2) is 10.8 Å². The van der Waals surface area contributed by atoms with Gasteiger partial charge in [0.05, 0.1) is 0 Å². The predicted molar refractivity (Wildman–Crippen MR) is 40.5 cm³/mol. The zero-order valence-corrected chi connectivity index (χ0v) is 6.58. The number of fused-ring (bicyclic) bond motifs is 1. The number of hydrogen-bond acceptors (Lipinski definition) is 3. The van der Waals surface area contributed by atoms with Crippen LogP contribution in [0.2, 0.25) is 5.15 Å². The molecule has 0 aliphatic rings. The second kappa shape index (κ2) is 2.17. The summed E-state index contributed by atoms with van der Waals surface area (Å²) in [5, 5.41) is 8.24. The Morgan fingerprint density at radius 1 is 1.55 bits per heavy atom. The van der Waals surface area contributed by atoms with E-state index in [4.69, 9.17) is 11.6 Å². The Hall–Kier alpha value is -1.16. The maximum atomic E-state index is 5.74. The highest BCUT2D eigenvalue weighted by molar-refractivity contribution is 6.30. The van der Waals surface area contributed by atoms with E-state index in [2.05, 4.69) is 15.2 Å². The first-order chi connectivity index (χ1) is 5.27. The summed E-state index contributed by atoms with van der Waals surface area (Å²) in [5.41, 5.74) is 1.62. The van der Waals surface area contributed by atoms with Crippen molar-refractivity contribution in [2.45, 2.75) is 6.92 Å². The minimum atomic E-state index is 0.461. The van der Waals surface area contributed by atoms with Crippen LogP contribution in [0.25, 0.3) is 5.65 Å². The van der Waals surface area contributed by atoms with E-state index in [1.807, 2.05) is 13.0 Å². The van der Waals surface area contributed by atoms with Crippen LogP contribution in [0, 0.1) is 6.92 Å². The van der Waals surface area contributed by atoms with Gasteiger partial charge in [-0.3, -0.25) is 0 Å². The summed E-state index contributed by atoms with van der Waals surface area (Å²) in [4.78, 5) is 3.95. The van der Waals surface area contributed by atoms with Crippen LogP contribution in [-0.2, 0) is 0 Å². The lowest BCUT2D eigenvalue weighted by Crippen LogP contribution is -1.95. The minimum absolute atomic E-state index is 0.461. The topological polar surface area (TPSA) is 43.1 Å². The summed E-state index contributed by atoms with van der Waals surface area (Å²) >= 11 is 5.74. The van der Waals surface area contributed by atoms with Crippen molar-refractivity contribution in [1.29, 1.82) is 0 Å². The van der Waals surface area contributed by atoms with E-state index in [-0.39, 0.29) is 0 Å². The molecule has 0 saturated carbocycles. The molecular weight excluding hydrogens is 164 g/mol. The average molecular weight is 169 g/mol. The molecule has 0 saturated heterocycles. The highest BCUT2D eigenvalue weighted by Crippen LogP contribution is 2.11. The molecule has 0 N–H and O–H groups in total. The molecule has 0 spiro atoms. The van der Waals surface area contributed by atoms with Crippen LogP contribution in [-0.4, -0.2) is 19.8 Å². The fourth-order valence-corrected chi connectivity index (χ4v) is 0.958. The van der Waals surface area contributed by atoms with Gasteiger partial charge in [0.2, 0.25) is 0 Å². The molecular formula is C6H5ClN4. The maximum Gasteiger partial charge on any atom is 0.176 e. The fraction of sp³-hybridized carbons (Fsp3) is 0.167. The quantitative estimate of drug-likeness (QED) is 0.592. The van der Waals surface area contributed by atoms with Gasteiger partial charge in [0.1, 0.15) is 6.33 Å². The van der Waals surface area contributed by atoms with Crippen molar-refractivity contribution in [2.75, 3.05) is 0 Å². The Labute approximate surface area is 67.8 Å². The van der Waals surface area contributed by atoms with Crippen LogP contribution >= 0.6 is 11.6 Å². The minimum Gasteiger partial charge on any atom is -0.213 e. The summed E-state index contributed by atoms with van der Waals surface area (Å²) in [6, 6.07) is 1.84. The van der Waals surface area contributed by atoms with Crippen molar-refractivity contribution in [3.8, 4) is 0 Å². The molecule has 2 rings (SSSR count). The van der Waals surface area contributed by atoms with Gasteiger partial charge in [-0.15, -0.1) is 14.8 Å². The lowest BCUT2D eigenvalue weighted by Gasteiger charge is -1.94. The normalized spacial score (nSPS) is 10.7. The molecule has 0 radical (unpaired) electrons. The van der Waals surface area contributed by atoms with Crippen molar-refractivity contribution in [3.05, 3.63) is 23.1 Å². The van der Waals surface area contributed by atoms with E-state index >= 15 is 0 Å². The smallest absolute Gasteiger partial charge is 0.176 e. The molecule has 2 aromatic heterocycles. The summed E-state index contributed by atoms with van der Waals surface area (Å²) < 4.78 is 1.40. The molecule has 2 aromatic rings. The lowest BCUT2D eigenvalue weighted by molar-refractivity contribution is 0.796. The number of rotatable bonds is 0. The Morgan fingerprint density at radius 2 is 2.36 bits per heavy atom. The van der Waals surface area contributed by atoms with Crippen molar-refractivity contribution in [1.82, 2.24) is 19.8 Å². The van der Waals surface area contributed by atoms with Crippen molar-refractivity contribution < 1.29 is 0 Å². The largest absolute Gasteiger partial charge is 0.213 e. The predicted octanol–water partition coefficient (Wildman–Crippen LogP) is 1.09. The molecule has 0 aromatic carbocycles. The molecule has 0 fully saturated rings. The number of nitrogens with zero attached hydrogens (tertiary/aromatic N) is 4. The fourth-order valence-electron chi connectivity index (χ4n) is 0.832. The zero-order valence-electron chi connectivity index (χ0n) is 5.82. The summed E-state index contributed by atoms with van der Waals surface area (Å²) in [7, 11) is 0. The van der Waals surface area contributed by atoms with Crippen molar-refractivity contribution in [2.24, 2.45) is 0 Å². The molecule has 11 heavy (non-hydrogen) atoms. The van der Waals surface area contributed by atoms with Gasteiger partial charge in [-0.05, 0) is 18.6 Å². The Kier molecular flexibility index (Phi) is 1.29. The molecule has 56 valence electrons. The van der Waals surface area contributed by atoms with Crippen molar-refractivity contribution in [3.63, 3.8) is 0 Å². The van der Waals surface area contributed by atoms with Gasteiger partial charge < -0.3 is 0 Å². The molecule has 0 aliphatic carbocycles. The average Bonchev–Trinajstić information content (AvgIpc) is 2.36. The molecule has 0 amide bonds. The monoisotopic (exact) mass is 168 g/mol. The van der Waals surface area contributed by atoms with E-state index in [0.29, 0.717) is 10.8 Å². The highest BCUT2D eigenvalue weighted by atomic mass is 35.5. The third-order valence-corrected chi connectivity index (χ3v) is 1.78. The van der Waals surface area contributed by atoms with Crippen LogP contribution in [0.1, 0.15) is 5.56 Å². The first-order valence-corrected chi connectivity index (χ1v) is 3.48. The highest BCUT2D eigenvalue weighted by Gasteiger charge is 2.00. The zero-order chi connectivity index (χ0) is 7.84. The first-order valence-electron chi connectivity index (χ1n) is 3.10. The van der Waals surface area contributed by atoms with Crippen LogP contribution in [0.15, 0.2) is 12.4 Å². The number of hydrogen-bond donors (Lipinski definition) is 0. The Bertz CT molecular complexity index is 358. The van der Waals surface area contributed by atoms with Gasteiger partial charge in [-0.2, -0.15) is 0 Å². The Morgan fingerprint density at radius 3 is 3.18 bits per heavy atom. The van der Waals surface area contributed by atoms with Gasteiger partial charge in [0, 0.05) is 0 Å². The number of aromatic nitrogens is 4. The summed E-state index contributed by atoms with van der Waals surface area (Å²) in [6.07, 6.45) is 1.44. The molecule has 0 atom stereocenters. The summed E-state index contributed by atoms with van der Waals surface area (Å²) in [5.74, 6) is 0. The molecule has 0 aliphatic heterocycles. The number of aryl methyl sites for hydroxylation is 1. The molecule has 5 heteroatoms. The Balaban J connectivity index is 2.86. The second-order valence-electron chi connectivity index (χ2n) is 2.23. The molecule has 4 nitrogen and oxygen atoms in total.